The van der Waals surface area contributed by atoms with E-state index in [-0.39, 0.29) is 26.4 Å². The Labute approximate surface area is 147 Å². The van der Waals surface area contributed by atoms with Crippen molar-refractivity contribution < 1.29 is 9.53 Å². The molecule has 0 radical (unpaired) electrons. The molecule has 0 saturated carbocycles. The first-order chi connectivity index (χ1) is 10.4. The molecule has 0 fully saturated rings. The number of halogens is 3. The van der Waals surface area contributed by atoms with E-state index in [9.17, 15) is 4.79 Å². The van der Waals surface area contributed by atoms with E-state index in [4.69, 9.17) is 27.4 Å². The van der Waals surface area contributed by atoms with E-state index in [2.05, 4.69) is 41.9 Å². The topological polar surface area (TPSA) is 110 Å². The van der Waals surface area contributed by atoms with Crippen molar-refractivity contribution in [1.82, 2.24) is 0 Å². The zero-order valence-corrected chi connectivity index (χ0v) is 14.8. The summed E-state index contributed by atoms with van der Waals surface area (Å²) < 4.78 is 5.27. The van der Waals surface area contributed by atoms with Crippen molar-refractivity contribution in [2.24, 2.45) is 0 Å². The summed E-state index contributed by atoms with van der Waals surface area (Å²) in [5.74, 6) is -0.637. The second-order valence-corrected chi connectivity index (χ2v) is 5.66. The van der Waals surface area contributed by atoms with Gasteiger partial charge in [0.25, 0.3) is 0 Å². The van der Waals surface area contributed by atoms with Crippen molar-refractivity contribution in [2.75, 3.05) is 12.4 Å². The number of anilines is 1. The maximum atomic E-state index is 11.8. The average Bonchev–Trinajstić information content (AvgIpc) is 2.49. The van der Waals surface area contributed by atoms with Gasteiger partial charge in [-0.2, -0.15) is 15.8 Å². The second kappa shape index (κ2) is 7.82. The lowest BCUT2D eigenvalue weighted by atomic mass is 10.1. The van der Waals surface area contributed by atoms with Gasteiger partial charge in [0, 0.05) is 4.47 Å². The lowest BCUT2D eigenvalue weighted by Gasteiger charge is -2.14. The number of nitrogens with zero attached hydrogens (tertiary/aromatic N) is 3. The van der Waals surface area contributed by atoms with Gasteiger partial charge >= 0.3 is 5.97 Å². The predicted octanol–water partition coefficient (Wildman–Crippen LogP) is 3.89. The first-order valence-corrected chi connectivity index (χ1v) is 7.35. The first-order valence-electron chi connectivity index (χ1n) is 5.38. The number of carbonyl (C=O) groups is 1. The molecule has 1 N–H and O–H groups in total. The van der Waals surface area contributed by atoms with Gasteiger partial charge in [0.2, 0.25) is 0 Å². The number of carbonyl (C=O) groups excluding carboxylic acids is 1. The summed E-state index contributed by atoms with van der Waals surface area (Å²) in [6, 6.07) is 6.32. The van der Waals surface area contributed by atoms with Crippen molar-refractivity contribution >= 4 is 55.1 Å². The van der Waals surface area contributed by atoms with Crippen molar-refractivity contribution in [2.45, 2.75) is 0 Å². The molecular formula is C13H5Br2ClN4O2. The molecule has 0 amide bonds. The SMILES string of the molecule is COC(=O)c1c(Br)cc(Cl)c(NC(C#N)=C(C#N)C#N)c1Br. The number of nitrogens with one attached hydrogen (secondary N) is 1. The molecule has 1 aromatic rings. The molecule has 0 aliphatic rings. The number of hydrogen-bond donors (Lipinski definition) is 1. The van der Waals surface area contributed by atoms with Gasteiger partial charge < -0.3 is 10.1 Å². The third-order valence-electron chi connectivity index (χ3n) is 2.40. The molecule has 0 unspecified atom stereocenters. The van der Waals surface area contributed by atoms with E-state index >= 15 is 0 Å². The highest BCUT2D eigenvalue weighted by molar-refractivity contribution is 9.11. The fourth-order valence-corrected chi connectivity index (χ4v) is 3.44. The Kier molecular flexibility index (Phi) is 6.39. The Balaban J connectivity index is 3.55. The number of esters is 1. The minimum absolute atomic E-state index is 0.141. The maximum Gasteiger partial charge on any atom is 0.340 e. The van der Waals surface area contributed by atoms with Crippen LogP contribution in [0.2, 0.25) is 5.02 Å². The molecule has 0 aliphatic heterocycles. The first kappa shape index (κ1) is 18.0. The molecule has 0 spiro atoms. The molecule has 1 rings (SSSR count). The Bertz CT molecular complexity index is 784. The molecule has 0 heterocycles. The van der Waals surface area contributed by atoms with Crippen LogP contribution in [0.4, 0.5) is 5.69 Å². The lowest BCUT2D eigenvalue weighted by Crippen LogP contribution is -2.08. The Morgan fingerprint density at radius 3 is 2.32 bits per heavy atom. The number of methoxy groups -OCH3 is 1. The van der Waals surface area contributed by atoms with Crippen molar-refractivity contribution in [3.8, 4) is 18.2 Å². The van der Waals surface area contributed by atoms with Gasteiger partial charge in [0.1, 0.15) is 23.9 Å². The molecule has 0 bridgehead atoms. The molecule has 0 aliphatic carbocycles. The molecule has 1 aromatic carbocycles. The van der Waals surface area contributed by atoms with Crippen LogP contribution in [0.3, 0.4) is 0 Å². The number of nitriles is 3. The Hall–Kier alpha value is -2.05. The molecule has 110 valence electrons. The second-order valence-electron chi connectivity index (χ2n) is 3.61. The van der Waals surface area contributed by atoms with Crippen molar-refractivity contribution in [3.05, 3.63) is 36.9 Å². The monoisotopic (exact) mass is 442 g/mol. The summed E-state index contributed by atoms with van der Waals surface area (Å²) in [5.41, 5.74) is -0.397. The van der Waals surface area contributed by atoms with Crippen LogP contribution >= 0.6 is 43.5 Å². The van der Waals surface area contributed by atoms with Crippen LogP contribution in [0.5, 0.6) is 0 Å². The molecule has 0 atom stereocenters. The van der Waals surface area contributed by atoms with E-state index in [0.717, 1.165) is 0 Å². The van der Waals surface area contributed by atoms with Gasteiger partial charge in [-0.3, -0.25) is 0 Å². The van der Waals surface area contributed by atoms with Gasteiger partial charge in [-0.1, -0.05) is 11.6 Å². The molecule has 9 heteroatoms. The van der Waals surface area contributed by atoms with E-state index in [1.54, 1.807) is 18.2 Å². The summed E-state index contributed by atoms with van der Waals surface area (Å²) in [6.45, 7) is 0. The largest absolute Gasteiger partial charge is 0.465 e. The van der Waals surface area contributed by atoms with E-state index in [0.29, 0.717) is 4.47 Å². The standard InChI is InChI=1S/C13H5Br2ClN4O2/c1-22-13(21)10-7(14)2-8(16)12(11(10)15)20-9(5-19)6(3-17)4-18/h2,20H,1H3. The number of ether oxygens (including phenoxy) is 1. The third-order valence-corrected chi connectivity index (χ3v) is 4.11. The van der Waals surface area contributed by atoms with E-state index in [1.165, 1.54) is 13.2 Å². The quantitative estimate of drug-likeness (QED) is 0.560. The van der Waals surface area contributed by atoms with Gasteiger partial charge in [0.15, 0.2) is 5.57 Å². The summed E-state index contributed by atoms with van der Waals surface area (Å²) in [4.78, 5) is 11.8. The molecule has 22 heavy (non-hydrogen) atoms. The van der Waals surface area contributed by atoms with Crippen LogP contribution < -0.4 is 5.32 Å². The zero-order chi connectivity index (χ0) is 16.9. The average molecular weight is 444 g/mol. The van der Waals surface area contributed by atoms with Crippen LogP contribution in [0, 0.1) is 34.0 Å². The highest BCUT2D eigenvalue weighted by Crippen LogP contribution is 2.39. The number of hydrogen-bond acceptors (Lipinski definition) is 6. The lowest BCUT2D eigenvalue weighted by molar-refractivity contribution is 0.0598. The molecular weight excluding hydrogens is 439 g/mol. The minimum atomic E-state index is -0.637. The molecule has 0 saturated heterocycles. The number of benzene rings is 1. The number of allylic oxidation sites excluding steroid dienone is 2. The van der Waals surface area contributed by atoms with Crippen molar-refractivity contribution in [1.29, 1.82) is 15.8 Å². The minimum Gasteiger partial charge on any atom is -0.465 e. The highest BCUT2D eigenvalue weighted by Gasteiger charge is 2.22. The maximum absolute atomic E-state index is 11.8. The van der Waals surface area contributed by atoms with Gasteiger partial charge in [-0.05, 0) is 37.9 Å². The van der Waals surface area contributed by atoms with Crippen LogP contribution in [-0.2, 0) is 4.74 Å². The smallest absolute Gasteiger partial charge is 0.340 e. The molecule has 0 aromatic heterocycles. The summed E-state index contributed by atoms with van der Waals surface area (Å²) >= 11 is 12.5. The predicted molar refractivity (Wildman–Crippen MR) is 85.7 cm³/mol. The van der Waals surface area contributed by atoms with Crippen LogP contribution in [0.25, 0.3) is 0 Å². The normalized spacial score (nSPS) is 8.95. The Morgan fingerprint density at radius 1 is 1.27 bits per heavy atom. The molecule has 6 nitrogen and oxygen atoms in total. The number of rotatable bonds is 3. The highest BCUT2D eigenvalue weighted by atomic mass is 79.9. The summed E-state index contributed by atoms with van der Waals surface area (Å²) in [6.07, 6.45) is 0. The zero-order valence-electron chi connectivity index (χ0n) is 10.9. The van der Waals surface area contributed by atoms with Crippen LogP contribution in [0.1, 0.15) is 10.4 Å². The summed E-state index contributed by atoms with van der Waals surface area (Å²) in [5, 5.41) is 29.4. The Morgan fingerprint density at radius 2 is 1.86 bits per heavy atom. The fraction of sp³-hybridized carbons (Fsp3) is 0.0769. The van der Waals surface area contributed by atoms with Gasteiger partial charge in [-0.25, -0.2) is 4.79 Å². The summed E-state index contributed by atoms with van der Waals surface area (Å²) in [7, 11) is 1.22. The van der Waals surface area contributed by atoms with E-state index < -0.39 is 11.5 Å². The van der Waals surface area contributed by atoms with Gasteiger partial charge in [-0.15, -0.1) is 0 Å². The van der Waals surface area contributed by atoms with Crippen molar-refractivity contribution in [3.63, 3.8) is 0 Å². The fourth-order valence-electron chi connectivity index (χ4n) is 1.40. The van der Waals surface area contributed by atoms with Crippen LogP contribution in [0.15, 0.2) is 26.3 Å². The van der Waals surface area contributed by atoms with E-state index in [1.807, 2.05) is 0 Å². The van der Waals surface area contributed by atoms with Gasteiger partial charge in [0.05, 0.1) is 27.9 Å². The van der Waals surface area contributed by atoms with Crippen LogP contribution in [-0.4, -0.2) is 13.1 Å². The third kappa shape index (κ3) is 3.58.